The third-order valence-electron chi connectivity index (χ3n) is 2.38. The summed E-state index contributed by atoms with van der Waals surface area (Å²) in [6.45, 7) is 0. The van der Waals surface area contributed by atoms with Crippen molar-refractivity contribution in [1.29, 1.82) is 0 Å². The maximum Gasteiger partial charge on any atom is 0.306 e. The Morgan fingerprint density at radius 2 is 2.12 bits per heavy atom. The van der Waals surface area contributed by atoms with Crippen LogP contribution in [0.4, 0.5) is 0 Å². The average Bonchev–Trinajstić information content (AvgIpc) is 2.27. The lowest BCUT2D eigenvalue weighted by Gasteiger charge is -2.14. The summed E-state index contributed by atoms with van der Waals surface area (Å²) in [4.78, 5) is 22.0. The molecule has 0 radical (unpaired) electrons. The van der Waals surface area contributed by atoms with Gasteiger partial charge in [-0.1, -0.05) is 23.7 Å². The molecule has 0 bridgehead atoms. The molecule has 0 aliphatic heterocycles. The minimum atomic E-state index is -0.959. The maximum atomic E-state index is 11.2. The highest BCUT2D eigenvalue weighted by atomic mass is 35.5. The second-order valence-corrected chi connectivity index (χ2v) is 4.07. The molecule has 0 saturated heterocycles. The van der Waals surface area contributed by atoms with Crippen molar-refractivity contribution in [2.75, 3.05) is 7.11 Å². The van der Waals surface area contributed by atoms with Crippen LogP contribution >= 0.6 is 11.6 Å². The third-order valence-corrected chi connectivity index (χ3v) is 2.62. The minimum absolute atomic E-state index is 0.0309. The lowest BCUT2D eigenvalue weighted by molar-refractivity contribution is -0.141. The summed E-state index contributed by atoms with van der Waals surface area (Å²) in [5.41, 5.74) is 0.727. The number of esters is 1. The summed E-state index contributed by atoms with van der Waals surface area (Å²) in [5, 5.41) is 9.33. The van der Waals surface area contributed by atoms with E-state index in [1.165, 1.54) is 7.11 Å². The fraction of sp³-hybridized carbons (Fsp3) is 0.333. The van der Waals surface area contributed by atoms with E-state index >= 15 is 0 Å². The van der Waals surface area contributed by atoms with Gasteiger partial charge in [-0.25, -0.2) is 0 Å². The molecule has 0 fully saturated rings. The molecule has 0 unspecified atom stereocenters. The first-order valence-corrected chi connectivity index (χ1v) is 5.44. The van der Waals surface area contributed by atoms with E-state index in [0.29, 0.717) is 5.02 Å². The molecule has 0 spiro atoms. The van der Waals surface area contributed by atoms with Gasteiger partial charge in [-0.05, 0) is 17.7 Å². The average molecular weight is 257 g/mol. The molecule has 1 rings (SSSR count). The van der Waals surface area contributed by atoms with Crippen molar-refractivity contribution in [2.45, 2.75) is 18.8 Å². The van der Waals surface area contributed by atoms with E-state index in [1.54, 1.807) is 24.3 Å². The molecular weight excluding hydrogens is 244 g/mol. The maximum absolute atomic E-state index is 11.2. The van der Waals surface area contributed by atoms with Gasteiger partial charge >= 0.3 is 11.9 Å². The molecule has 0 heterocycles. The van der Waals surface area contributed by atoms with E-state index in [0.717, 1.165) is 5.56 Å². The predicted octanol–water partition coefficient (Wildman–Crippen LogP) is 2.46. The molecule has 1 aromatic rings. The fourth-order valence-electron chi connectivity index (χ4n) is 1.56. The fourth-order valence-corrected chi connectivity index (χ4v) is 1.76. The Labute approximate surface area is 104 Å². The van der Waals surface area contributed by atoms with Gasteiger partial charge in [0.2, 0.25) is 0 Å². The Balaban J connectivity index is 2.89. The number of carboxylic acid groups (broad SMARTS) is 1. The standard InChI is InChI=1S/C12H13ClO4/c1-17-12(16)7-9(6-11(14)15)8-3-2-4-10(13)5-8/h2-5,9H,6-7H2,1H3,(H,14,15)/t9-/m1/s1. The Kier molecular flexibility index (Phi) is 4.97. The van der Waals surface area contributed by atoms with Crippen LogP contribution in [-0.2, 0) is 14.3 Å². The van der Waals surface area contributed by atoms with Crippen molar-refractivity contribution in [3.63, 3.8) is 0 Å². The van der Waals surface area contributed by atoms with Gasteiger partial charge in [0.25, 0.3) is 0 Å². The normalized spacial score (nSPS) is 11.9. The first-order chi connectivity index (χ1) is 8.02. The largest absolute Gasteiger partial charge is 0.481 e. The zero-order valence-electron chi connectivity index (χ0n) is 9.35. The van der Waals surface area contributed by atoms with Crippen molar-refractivity contribution in [3.05, 3.63) is 34.9 Å². The van der Waals surface area contributed by atoms with E-state index in [1.807, 2.05) is 0 Å². The van der Waals surface area contributed by atoms with E-state index in [2.05, 4.69) is 4.74 Å². The molecule has 0 aliphatic rings. The van der Waals surface area contributed by atoms with Crippen LogP contribution in [0.3, 0.4) is 0 Å². The topological polar surface area (TPSA) is 63.6 Å². The summed E-state index contributed by atoms with van der Waals surface area (Å²) in [5.74, 6) is -1.81. The zero-order chi connectivity index (χ0) is 12.8. The molecule has 0 amide bonds. The first kappa shape index (κ1) is 13.5. The van der Waals surface area contributed by atoms with Crippen LogP contribution in [0.1, 0.15) is 24.3 Å². The van der Waals surface area contributed by atoms with Crippen molar-refractivity contribution in [1.82, 2.24) is 0 Å². The molecule has 0 saturated carbocycles. The van der Waals surface area contributed by atoms with Crippen molar-refractivity contribution in [2.24, 2.45) is 0 Å². The van der Waals surface area contributed by atoms with Crippen LogP contribution in [-0.4, -0.2) is 24.2 Å². The summed E-state index contributed by atoms with van der Waals surface area (Å²) >= 11 is 5.83. The van der Waals surface area contributed by atoms with Crippen LogP contribution in [0, 0.1) is 0 Å². The number of methoxy groups -OCH3 is 1. The quantitative estimate of drug-likeness (QED) is 0.822. The lowest BCUT2D eigenvalue weighted by Crippen LogP contribution is -2.12. The summed E-state index contributed by atoms with van der Waals surface area (Å²) in [6.07, 6.45) is -0.0986. The van der Waals surface area contributed by atoms with Gasteiger partial charge in [-0.3, -0.25) is 9.59 Å². The Bertz CT molecular complexity index is 417. The number of carboxylic acids is 1. The van der Waals surface area contributed by atoms with Crippen LogP contribution in [0.5, 0.6) is 0 Å². The van der Waals surface area contributed by atoms with Gasteiger partial charge in [0.15, 0.2) is 0 Å². The molecular formula is C12H13ClO4. The van der Waals surface area contributed by atoms with E-state index in [9.17, 15) is 9.59 Å². The molecule has 1 N–H and O–H groups in total. The number of ether oxygens (including phenoxy) is 1. The first-order valence-electron chi connectivity index (χ1n) is 5.07. The number of aliphatic carboxylic acids is 1. The molecule has 92 valence electrons. The number of rotatable bonds is 5. The Morgan fingerprint density at radius 1 is 1.41 bits per heavy atom. The van der Waals surface area contributed by atoms with E-state index < -0.39 is 17.9 Å². The number of halogens is 1. The van der Waals surface area contributed by atoms with Gasteiger partial charge in [0.1, 0.15) is 0 Å². The van der Waals surface area contributed by atoms with Crippen LogP contribution < -0.4 is 0 Å². The van der Waals surface area contributed by atoms with E-state index in [-0.39, 0.29) is 12.8 Å². The highest BCUT2D eigenvalue weighted by Gasteiger charge is 2.19. The number of carbonyl (C=O) groups is 2. The molecule has 1 atom stereocenters. The molecule has 0 aromatic heterocycles. The van der Waals surface area contributed by atoms with Crippen molar-refractivity contribution >= 4 is 23.5 Å². The highest BCUT2D eigenvalue weighted by Crippen LogP contribution is 2.26. The second-order valence-electron chi connectivity index (χ2n) is 3.63. The van der Waals surface area contributed by atoms with Gasteiger partial charge in [-0.2, -0.15) is 0 Å². The number of hydrogen-bond acceptors (Lipinski definition) is 3. The Hall–Kier alpha value is -1.55. The van der Waals surface area contributed by atoms with Gasteiger partial charge in [0.05, 0.1) is 20.0 Å². The van der Waals surface area contributed by atoms with Gasteiger partial charge < -0.3 is 9.84 Å². The van der Waals surface area contributed by atoms with Gasteiger partial charge in [0, 0.05) is 10.9 Å². The number of hydrogen-bond donors (Lipinski definition) is 1. The summed E-state index contributed by atoms with van der Waals surface area (Å²) in [6, 6.07) is 6.84. The monoisotopic (exact) mass is 256 g/mol. The Morgan fingerprint density at radius 3 is 2.65 bits per heavy atom. The highest BCUT2D eigenvalue weighted by molar-refractivity contribution is 6.30. The lowest BCUT2D eigenvalue weighted by atomic mass is 9.92. The van der Waals surface area contributed by atoms with E-state index in [4.69, 9.17) is 16.7 Å². The molecule has 1 aromatic carbocycles. The number of benzene rings is 1. The third kappa shape index (κ3) is 4.44. The smallest absolute Gasteiger partial charge is 0.306 e. The molecule has 5 heteroatoms. The molecule has 0 aliphatic carbocycles. The predicted molar refractivity (Wildman–Crippen MR) is 63.1 cm³/mol. The van der Waals surface area contributed by atoms with Gasteiger partial charge in [-0.15, -0.1) is 0 Å². The van der Waals surface area contributed by atoms with Crippen LogP contribution in [0.15, 0.2) is 24.3 Å². The summed E-state index contributed by atoms with van der Waals surface area (Å²) < 4.78 is 4.55. The van der Waals surface area contributed by atoms with Crippen molar-refractivity contribution < 1.29 is 19.4 Å². The molecule has 17 heavy (non-hydrogen) atoms. The van der Waals surface area contributed by atoms with Crippen molar-refractivity contribution in [3.8, 4) is 0 Å². The molecule has 4 nitrogen and oxygen atoms in total. The number of carbonyl (C=O) groups excluding carboxylic acids is 1. The second kappa shape index (κ2) is 6.25. The SMILES string of the molecule is COC(=O)C[C@@H](CC(=O)O)c1cccc(Cl)c1. The zero-order valence-corrected chi connectivity index (χ0v) is 10.1. The van der Waals surface area contributed by atoms with Crippen LogP contribution in [0.25, 0.3) is 0 Å². The summed E-state index contributed by atoms with van der Waals surface area (Å²) in [7, 11) is 1.28. The van der Waals surface area contributed by atoms with Crippen LogP contribution in [0.2, 0.25) is 5.02 Å². The minimum Gasteiger partial charge on any atom is -0.481 e.